The third kappa shape index (κ3) is 8.01. The number of benzene rings is 2. The van der Waals surface area contributed by atoms with Crippen molar-refractivity contribution in [3.63, 3.8) is 0 Å². The highest BCUT2D eigenvalue weighted by atomic mass is 32.2. The molecule has 0 aliphatic rings. The molecule has 0 aliphatic carbocycles. The lowest BCUT2D eigenvalue weighted by molar-refractivity contribution is 0.276. The number of pyridine rings is 2. The molecule has 0 spiro atoms. The van der Waals surface area contributed by atoms with E-state index in [1.807, 2.05) is 78.9 Å². The highest BCUT2D eigenvalue weighted by molar-refractivity contribution is 7.85. The maximum Gasteiger partial charge on any atom is 0.264 e. The van der Waals surface area contributed by atoms with Crippen LogP contribution in [0.5, 0.6) is 11.8 Å². The van der Waals surface area contributed by atoms with Gasteiger partial charge in [0, 0.05) is 23.3 Å². The van der Waals surface area contributed by atoms with E-state index in [0.717, 1.165) is 40.1 Å². The first kappa shape index (κ1) is 32.0. The summed E-state index contributed by atoms with van der Waals surface area (Å²) in [6.07, 6.45) is 4.34. The molecule has 0 fully saturated rings. The van der Waals surface area contributed by atoms with Gasteiger partial charge in [-0.05, 0) is 24.3 Å². The lowest BCUT2D eigenvalue weighted by Gasteiger charge is -2.07. The molecular weight excluding hydrogens is 608 g/mol. The van der Waals surface area contributed by atoms with Gasteiger partial charge in [-0.15, -0.1) is 0 Å². The van der Waals surface area contributed by atoms with Crippen molar-refractivity contribution in [3.8, 4) is 45.6 Å². The molecule has 6 aromatic rings. The Morgan fingerprint density at radius 2 is 1.13 bits per heavy atom. The first-order chi connectivity index (χ1) is 22.3. The molecular formula is C33H32N6O6S. The second kappa shape index (κ2) is 14.6. The zero-order chi connectivity index (χ0) is 32.5. The predicted octanol–water partition coefficient (Wildman–Crippen LogP) is 4.85. The van der Waals surface area contributed by atoms with E-state index in [1.54, 1.807) is 54.2 Å². The van der Waals surface area contributed by atoms with E-state index >= 15 is 0 Å². The number of hydrogen-bond acceptors (Lipinski definition) is 10. The third-order valence-corrected chi connectivity index (χ3v) is 7.14. The second-order valence-corrected chi connectivity index (χ2v) is 11.5. The molecule has 236 valence electrons. The van der Waals surface area contributed by atoms with Gasteiger partial charge in [-0.2, -0.15) is 18.6 Å². The molecule has 0 atom stereocenters. The van der Waals surface area contributed by atoms with Crippen LogP contribution in [0, 0.1) is 0 Å². The van der Waals surface area contributed by atoms with Crippen LogP contribution in [0.3, 0.4) is 0 Å². The summed E-state index contributed by atoms with van der Waals surface area (Å²) in [5, 5.41) is 18.2. The van der Waals surface area contributed by atoms with E-state index < -0.39 is 10.1 Å². The summed E-state index contributed by atoms with van der Waals surface area (Å²) >= 11 is 0. The van der Waals surface area contributed by atoms with Crippen LogP contribution in [0.2, 0.25) is 0 Å². The second-order valence-electron chi connectivity index (χ2n) is 9.84. The van der Waals surface area contributed by atoms with Gasteiger partial charge in [-0.1, -0.05) is 60.7 Å². The van der Waals surface area contributed by atoms with Crippen molar-refractivity contribution < 1.29 is 27.2 Å². The standard InChI is InChI=1S/C17H17N3O4S.C16H15N3O2/c1-23-17-9-8-15(11-18-17)20-16(13-6-4-3-5-7-13)10-14(19-20)12-24-25(2,21)22;1-21-16-8-7-14(10-17-16)19-15(9-13(11-20)18-19)12-5-3-2-4-6-12/h3-11H,12H2,1-2H3;2-10,20H,11H2,1H3. The fourth-order valence-electron chi connectivity index (χ4n) is 4.44. The van der Waals surface area contributed by atoms with E-state index in [4.69, 9.17) is 13.7 Å². The zero-order valence-corrected chi connectivity index (χ0v) is 26.2. The minimum Gasteiger partial charge on any atom is -0.481 e. The van der Waals surface area contributed by atoms with Crippen LogP contribution in [0.4, 0.5) is 0 Å². The Bertz CT molecular complexity index is 1960. The van der Waals surface area contributed by atoms with Gasteiger partial charge in [-0.25, -0.2) is 19.3 Å². The van der Waals surface area contributed by atoms with Crippen LogP contribution in [0.1, 0.15) is 11.4 Å². The Kier molecular flexibility index (Phi) is 10.2. The number of methoxy groups -OCH3 is 2. The van der Waals surface area contributed by atoms with Gasteiger partial charge in [0.15, 0.2) is 0 Å². The highest BCUT2D eigenvalue weighted by Gasteiger charge is 2.14. The molecule has 0 radical (unpaired) electrons. The molecule has 0 aliphatic heterocycles. The van der Waals surface area contributed by atoms with E-state index in [-0.39, 0.29) is 13.2 Å². The van der Waals surface area contributed by atoms with Crippen LogP contribution >= 0.6 is 0 Å². The van der Waals surface area contributed by atoms with E-state index in [0.29, 0.717) is 23.1 Å². The number of ether oxygens (including phenoxy) is 2. The smallest absolute Gasteiger partial charge is 0.264 e. The summed E-state index contributed by atoms with van der Waals surface area (Å²) in [7, 11) is -0.416. The molecule has 0 saturated carbocycles. The summed E-state index contributed by atoms with van der Waals surface area (Å²) in [4.78, 5) is 8.39. The van der Waals surface area contributed by atoms with Gasteiger partial charge in [0.2, 0.25) is 11.8 Å². The van der Waals surface area contributed by atoms with E-state index in [2.05, 4.69) is 20.2 Å². The van der Waals surface area contributed by atoms with Crippen LogP contribution in [0.25, 0.3) is 33.9 Å². The highest BCUT2D eigenvalue weighted by Crippen LogP contribution is 2.26. The van der Waals surface area contributed by atoms with Gasteiger partial charge in [-0.3, -0.25) is 4.18 Å². The van der Waals surface area contributed by atoms with Crippen molar-refractivity contribution in [2.75, 3.05) is 20.5 Å². The maximum absolute atomic E-state index is 11.2. The molecule has 0 unspecified atom stereocenters. The molecule has 46 heavy (non-hydrogen) atoms. The summed E-state index contributed by atoms with van der Waals surface area (Å²) in [5.41, 5.74) is 6.34. The van der Waals surface area contributed by atoms with Crippen LogP contribution in [-0.4, -0.2) is 63.5 Å². The fraction of sp³-hybridized carbons (Fsp3) is 0.152. The van der Waals surface area contributed by atoms with Gasteiger partial charge in [0.05, 0.1) is 73.6 Å². The summed E-state index contributed by atoms with van der Waals surface area (Å²) in [6.45, 7) is -0.230. The lowest BCUT2D eigenvalue weighted by Crippen LogP contribution is -2.04. The minimum atomic E-state index is -3.54. The normalized spacial score (nSPS) is 11.0. The topological polar surface area (TPSA) is 143 Å². The SMILES string of the molecule is COc1ccc(-n2nc(CO)cc2-c2ccccc2)cn1.COc1ccc(-n2nc(COS(C)(=O)=O)cc2-c2ccccc2)cn1. The molecule has 12 nitrogen and oxygen atoms in total. The minimum absolute atomic E-state index is 0.101. The van der Waals surface area contributed by atoms with Crippen molar-refractivity contribution >= 4 is 10.1 Å². The Morgan fingerprint density at radius 1 is 0.674 bits per heavy atom. The number of aliphatic hydroxyl groups is 1. The maximum atomic E-state index is 11.2. The summed E-state index contributed by atoms with van der Waals surface area (Å²) < 4.78 is 40.9. The van der Waals surface area contributed by atoms with Crippen molar-refractivity contribution in [1.29, 1.82) is 0 Å². The Morgan fingerprint density at radius 3 is 1.52 bits per heavy atom. The molecule has 6 rings (SSSR count). The van der Waals surface area contributed by atoms with Gasteiger partial charge >= 0.3 is 0 Å². The monoisotopic (exact) mass is 640 g/mol. The molecule has 0 saturated heterocycles. The molecule has 0 amide bonds. The van der Waals surface area contributed by atoms with Gasteiger partial charge in [0.25, 0.3) is 10.1 Å². The molecule has 1 N–H and O–H groups in total. The van der Waals surface area contributed by atoms with Crippen molar-refractivity contribution in [2.45, 2.75) is 13.2 Å². The molecule has 13 heteroatoms. The van der Waals surface area contributed by atoms with Crippen molar-refractivity contribution in [2.24, 2.45) is 0 Å². The largest absolute Gasteiger partial charge is 0.481 e. The van der Waals surface area contributed by atoms with Crippen LogP contribution in [-0.2, 0) is 27.5 Å². The van der Waals surface area contributed by atoms with E-state index in [1.165, 1.54) is 0 Å². The van der Waals surface area contributed by atoms with Crippen LogP contribution < -0.4 is 9.47 Å². The first-order valence-electron chi connectivity index (χ1n) is 14.0. The van der Waals surface area contributed by atoms with Crippen molar-refractivity contribution in [1.82, 2.24) is 29.5 Å². The molecule has 4 heterocycles. The molecule has 0 bridgehead atoms. The number of nitrogens with zero attached hydrogens (tertiary/aromatic N) is 6. The Balaban J connectivity index is 0.000000184. The van der Waals surface area contributed by atoms with Gasteiger partial charge < -0.3 is 14.6 Å². The van der Waals surface area contributed by atoms with E-state index in [9.17, 15) is 13.5 Å². The van der Waals surface area contributed by atoms with Crippen molar-refractivity contribution in [3.05, 3.63) is 121 Å². The fourth-order valence-corrected chi connectivity index (χ4v) is 4.77. The Hall–Kier alpha value is -5.37. The molecule has 2 aromatic carbocycles. The summed E-state index contributed by atoms with van der Waals surface area (Å²) in [5.74, 6) is 1.05. The number of aromatic nitrogens is 6. The first-order valence-corrected chi connectivity index (χ1v) is 15.8. The quantitative estimate of drug-likeness (QED) is 0.206. The molecule has 4 aromatic heterocycles. The third-order valence-electron chi connectivity index (χ3n) is 6.59. The van der Waals surface area contributed by atoms with Crippen LogP contribution in [0.15, 0.2) is 109 Å². The lowest BCUT2D eigenvalue weighted by atomic mass is 10.1. The number of hydrogen-bond donors (Lipinski definition) is 1. The predicted molar refractivity (Wildman–Crippen MR) is 172 cm³/mol. The average molecular weight is 641 g/mol. The zero-order valence-electron chi connectivity index (χ0n) is 25.4. The number of rotatable bonds is 10. The average Bonchev–Trinajstić information content (AvgIpc) is 3.74. The van der Waals surface area contributed by atoms with Gasteiger partial charge in [0.1, 0.15) is 6.61 Å². The number of aliphatic hydroxyl groups excluding tert-OH is 1. The Labute approximate surface area is 266 Å². The summed E-state index contributed by atoms with van der Waals surface area (Å²) in [6, 6.07) is 30.5.